The Labute approximate surface area is 118 Å². The third-order valence-corrected chi connectivity index (χ3v) is 3.17. The van der Waals surface area contributed by atoms with E-state index >= 15 is 0 Å². The van der Waals surface area contributed by atoms with Crippen molar-refractivity contribution in [2.75, 3.05) is 6.01 Å². The molecule has 6 nitrogen and oxygen atoms in total. The number of rotatable bonds is 6. The number of hydrogen-bond donors (Lipinski definition) is 1. The molecule has 0 radical (unpaired) electrons. The molecular weight excluding hydrogens is 285 g/mol. The summed E-state index contributed by atoms with van der Waals surface area (Å²) in [5.74, 6) is 0.504. The molecule has 2 aromatic rings. The van der Waals surface area contributed by atoms with Gasteiger partial charge in [0.25, 0.3) is 6.26 Å². The average Bonchev–Trinajstić information content (AvgIpc) is 2.84. The van der Waals surface area contributed by atoms with Crippen LogP contribution in [0.1, 0.15) is 5.56 Å². The Balaban J connectivity index is 2.20. The number of nitriles is 1. The smallest absolute Gasteiger partial charge is 0.292 e. The number of aromatic nitrogens is 2. The van der Waals surface area contributed by atoms with Crippen molar-refractivity contribution < 1.29 is 19.1 Å². The van der Waals surface area contributed by atoms with Crippen molar-refractivity contribution >= 4 is 11.8 Å². The van der Waals surface area contributed by atoms with Crippen molar-refractivity contribution in [3.8, 4) is 17.9 Å². The van der Waals surface area contributed by atoms with Gasteiger partial charge in [-0.2, -0.15) is 0 Å². The van der Waals surface area contributed by atoms with Gasteiger partial charge in [-0.05, 0) is 12.1 Å². The number of alkyl halides is 1. The molecule has 0 aliphatic carbocycles. The number of thioether (sulfide) groups is 1. The maximum atomic E-state index is 12.5. The highest BCUT2D eigenvalue weighted by atomic mass is 32.2. The van der Waals surface area contributed by atoms with Crippen LogP contribution in [-0.2, 0) is 6.61 Å². The van der Waals surface area contributed by atoms with Gasteiger partial charge in [0.15, 0.2) is 0 Å². The summed E-state index contributed by atoms with van der Waals surface area (Å²) in [6, 6.07) is 5.83. The van der Waals surface area contributed by atoms with Crippen LogP contribution in [0.4, 0.5) is 4.39 Å². The first-order valence-electron chi connectivity index (χ1n) is 5.49. The Bertz CT molecular complexity index is 627. The third kappa shape index (κ3) is 3.33. The summed E-state index contributed by atoms with van der Waals surface area (Å²) in [4.78, 5) is 1.23. The minimum atomic E-state index is -0.603. The second-order valence-corrected chi connectivity index (χ2v) is 4.49. The Kier molecular flexibility index (Phi) is 4.68. The fourth-order valence-corrected chi connectivity index (χ4v) is 2.17. The molecule has 1 heterocycles. The first kappa shape index (κ1) is 14.0. The standard InChI is InChI=1S/C12H10FN3O3S/c13-7-20-11-3-1-2-10(19-8-14)9(11)6-18-12-4-5-16(17)15-12/h1-5,17H,6-7H2. The van der Waals surface area contributed by atoms with E-state index in [2.05, 4.69) is 5.10 Å². The van der Waals surface area contributed by atoms with Crippen LogP contribution in [0.15, 0.2) is 35.4 Å². The van der Waals surface area contributed by atoms with Gasteiger partial charge in [-0.15, -0.1) is 10.1 Å². The van der Waals surface area contributed by atoms with Gasteiger partial charge in [-0.1, -0.05) is 22.9 Å². The van der Waals surface area contributed by atoms with Crippen LogP contribution >= 0.6 is 11.8 Å². The molecule has 0 spiro atoms. The summed E-state index contributed by atoms with van der Waals surface area (Å²) in [6.45, 7) is 0.0389. The van der Waals surface area contributed by atoms with Crippen molar-refractivity contribution in [3.05, 3.63) is 36.0 Å². The van der Waals surface area contributed by atoms with E-state index in [4.69, 9.17) is 19.9 Å². The quantitative estimate of drug-likeness (QED) is 0.501. The zero-order chi connectivity index (χ0) is 14.4. The molecule has 0 atom stereocenters. The molecule has 8 heteroatoms. The van der Waals surface area contributed by atoms with Gasteiger partial charge in [0.2, 0.25) is 5.88 Å². The van der Waals surface area contributed by atoms with Crippen LogP contribution < -0.4 is 9.47 Å². The topological polar surface area (TPSA) is 80.3 Å². The molecule has 0 aliphatic heterocycles. The molecule has 1 aromatic carbocycles. The molecule has 0 aliphatic rings. The van der Waals surface area contributed by atoms with Gasteiger partial charge in [-0.3, -0.25) is 0 Å². The van der Waals surface area contributed by atoms with Gasteiger partial charge in [-0.25, -0.2) is 4.39 Å². The minimum Gasteiger partial charge on any atom is -0.471 e. The monoisotopic (exact) mass is 295 g/mol. The summed E-state index contributed by atoms with van der Waals surface area (Å²) < 4.78 is 22.7. The number of benzene rings is 1. The van der Waals surface area contributed by atoms with Crippen molar-refractivity contribution in [2.45, 2.75) is 11.5 Å². The van der Waals surface area contributed by atoms with Crippen molar-refractivity contribution in [1.29, 1.82) is 5.26 Å². The molecule has 1 N–H and O–H groups in total. The zero-order valence-corrected chi connectivity index (χ0v) is 11.0. The summed E-state index contributed by atoms with van der Waals surface area (Å²) in [5, 5.41) is 21.3. The van der Waals surface area contributed by atoms with Crippen LogP contribution in [0.3, 0.4) is 0 Å². The highest BCUT2D eigenvalue weighted by molar-refractivity contribution is 7.99. The molecule has 20 heavy (non-hydrogen) atoms. The van der Waals surface area contributed by atoms with E-state index in [-0.39, 0.29) is 12.5 Å². The lowest BCUT2D eigenvalue weighted by molar-refractivity contribution is 0.141. The Morgan fingerprint density at radius 2 is 2.30 bits per heavy atom. The predicted octanol–water partition coefficient (Wildman–Crippen LogP) is 2.58. The van der Waals surface area contributed by atoms with Crippen LogP contribution in [-0.4, -0.2) is 21.2 Å². The summed E-state index contributed by atoms with van der Waals surface area (Å²) in [5.41, 5.74) is 0.546. The Morgan fingerprint density at radius 1 is 1.45 bits per heavy atom. The highest BCUT2D eigenvalue weighted by Crippen LogP contribution is 2.31. The Hall–Kier alpha value is -2.40. The van der Waals surface area contributed by atoms with Gasteiger partial charge < -0.3 is 14.7 Å². The lowest BCUT2D eigenvalue weighted by atomic mass is 10.2. The number of ether oxygens (including phenoxy) is 2. The lowest BCUT2D eigenvalue weighted by Gasteiger charge is -2.11. The van der Waals surface area contributed by atoms with Crippen LogP contribution in [0.25, 0.3) is 0 Å². The van der Waals surface area contributed by atoms with E-state index in [0.717, 1.165) is 11.8 Å². The molecule has 0 saturated carbocycles. The van der Waals surface area contributed by atoms with Gasteiger partial charge in [0, 0.05) is 16.5 Å². The molecule has 0 amide bonds. The maximum absolute atomic E-state index is 12.5. The second-order valence-electron chi connectivity index (χ2n) is 3.54. The summed E-state index contributed by atoms with van der Waals surface area (Å²) in [7, 11) is 0. The number of nitrogens with zero attached hydrogens (tertiary/aromatic N) is 3. The fraction of sp³-hybridized carbons (Fsp3) is 0.167. The van der Waals surface area contributed by atoms with E-state index in [1.54, 1.807) is 24.5 Å². The minimum absolute atomic E-state index is 0.0389. The van der Waals surface area contributed by atoms with Crippen molar-refractivity contribution in [3.63, 3.8) is 0 Å². The normalized spacial score (nSPS) is 10.0. The SMILES string of the molecule is N#COc1cccc(SCF)c1COc1ccn(O)n1. The van der Waals surface area contributed by atoms with Crippen molar-refractivity contribution in [1.82, 2.24) is 9.94 Å². The molecule has 0 saturated heterocycles. The van der Waals surface area contributed by atoms with Crippen LogP contribution in [0.2, 0.25) is 0 Å². The van der Waals surface area contributed by atoms with Crippen LogP contribution in [0, 0.1) is 11.5 Å². The lowest BCUT2D eigenvalue weighted by Crippen LogP contribution is -2.01. The molecule has 104 valence electrons. The van der Waals surface area contributed by atoms with Gasteiger partial charge in [0.1, 0.15) is 18.4 Å². The first-order valence-corrected chi connectivity index (χ1v) is 6.47. The molecular formula is C12H10FN3O3S. The predicted molar refractivity (Wildman–Crippen MR) is 68.3 cm³/mol. The summed E-state index contributed by atoms with van der Waals surface area (Å²) >= 11 is 0.971. The molecule has 1 aromatic heterocycles. The van der Waals surface area contributed by atoms with E-state index in [1.807, 2.05) is 0 Å². The van der Waals surface area contributed by atoms with E-state index in [0.29, 0.717) is 21.1 Å². The Morgan fingerprint density at radius 3 is 2.95 bits per heavy atom. The van der Waals surface area contributed by atoms with E-state index in [9.17, 15) is 4.39 Å². The third-order valence-electron chi connectivity index (χ3n) is 2.37. The molecule has 0 bridgehead atoms. The molecule has 0 unspecified atom stereocenters. The second kappa shape index (κ2) is 6.68. The molecule has 0 fully saturated rings. The van der Waals surface area contributed by atoms with Crippen molar-refractivity contribution in [2.24, 2.45) is 0 Å². The summed E-state index contributed by atoms with van der Waals surface area (Å²) in [6.07, 6.45) is 2.89. The average molecular weight is 295 g/mol. The number of hydrogen-bond acceptors (Lipinski definition) is 6. The van der Waals surface area contributed by atoms with Crippen LogP contribution in [0.5, 0.6) is 11.6 Å². The first-order chi connectivity index (χ1) is 9.74. The van der Waals surface area contributed by atoms with Gasteiger partial charge >= 0.3 is 0 Å². The zero-order valence-electron chi connectivity index (χ0n) is 10.2. The van der Waals surface area contributed by atoms with E-state index < -0.39 is 6.01 Å². The molecule has 2 rings (SSSR count). The maximum Gasteiger partial charge on any atom is 0.292 e. The van der Waals surface area contributed by atoms with Gasteiger partial charge in [0.05, 0.1) is 6.20 Å². The number of halogens is 1. The largest absolute Gasteiger partial charge is 0.471 e. The fourth-order valence-electron chi connectivity index (χ4n) is 1.55. The highest BCUT2D eigenvalue weighted by Gasteiger charge is 2.12. The van der Waals surface area contributed by atoms with E-state index in [1.165, 1.54) is 12.3 Å².